The smallest absolute Gasteiger partial charge is 0.324 e. The van der Waals surface area contributed by atoms with Gasteiger partial charge in [0, 0.05) is 30.3 Å². The monoisotopic (exact) mass is 344 g/mol. The molecule has 1 saturated heterocycles. The van der Waals surface area contributed by atoms with Gasteiger partial charge in [-0.3, -0.25) is 19.3 Å². The topological polar surface area (TPSA) is 108 Å². The van der Waals surface area contributed by atoms with Crippen molar-refractivity contribution in [2.24, 2.45) is 11.8 Å². The Kier molecular flexibility index (Phi) is 4.69. The molecule has 1 aromatic carbocycles. The third kappa shape index (κ3) is 4.14. The number of benzene rings is 1. The van der Waals surface area contributed by atoms with Gasteiger partial charge in [0.1, 0.15) is 0 Å². The quantitative estimate of drug-likeness (QED) is 0.673. The lowest BCUT2D eigenvalue weighted by atomic mass is 10.2. The summed E-state index contributed by atoms with van der Waals surface area (Å²) in [5, 5.41) is 7.94. The van der Waals surface area contributed by atoms with Crippen LogP contribution in [-0.2, 0) is 14.4 Å². The number of amides is 5. The van der Waals surface area contributed by atoms with E-state index in [1.54, 1.807) is 24.3 Å². The summed E-state index contributed by atoms with van der Waals surface area (Å²) in [6.07, 6.45) is 0.953. The average Bonchev–Trinajstić information content (AvgIpc) is 3.23. The zero-order valence-electron chi connectivity index (χ0n) is 13.9. The maximum atomic E-state index is 11.9. The van der Waals surface area contributed by atoms with E-state index in [2.05, 4.69) is 16.0 Å². The summed E-state index contributed by atoms with van der Waals surface area (Å²) >= 11 is 0. The number of nitrogens with one attached hydrogen (secondary N) is 3. The molecule has 1 saturated carbocycles. The summed E-state index contributed by atoms with van der Waals surface area (Å²) in [6, 6.07) is 6.35. The lowest BCUT2D eigenvalue weighted by Crippen LogP contribution is -2.33. The molecule has 0 radical (unpaired) electrons. The van der Waals surface area contributed by atoms with Crippen LogP contribution in [0.5, 0.6) is 0 Å². The van der Waals surface area contributed by atoms with Crippen molar-refractivity contribution in [1.82, 2.24) is 10.2 Å². The largest absolute Gasteiger partial charge is 0.329 e. The number of carbonyl (C=O) groups excluding carboxylic acids is 4. The van der Waals surface area contributed by atoms with Gasteiger partial charge in [0.15, 0.2) is 0 Å². The molecule has 0 bridgehead atoms. The molecule has 1 aliphatic heterocycles. The normalized spacial score (nSPS) is 21.7. The standard InChI is InChI=1S/C17H20N4O4/c1-10-8-13(10)16(24)20-12-4-2-11(3-5-12)19-14(22)6-7-21-15(23)9-18-17(21)25/h2-5,10,13H,6-9H2,1H3,(H,18,25)(H,19,22)(H,20,24)/t10-,13+/m0/s1. The van der Waals surface area contributed by atoms with E-state index in [9.17, 15) is 19.2 Å². The summed E-state index contributed by atoms with van der Waals surface area (Å²) in [4.78, 5) is 47.6. The number of rotatable bonds is 6. The summed E-state index contributed by atoms with van der Waals surface area (Å²) in [7, 11) is 0. The van der Waals surface area contributed by atoms with Crippen LogP contribution in [0.2, 0.25) is 0 Å². The van der Waals surface area contributed by atoms with Crippen molar-refractivity contribution in [2.45, 2.75) is 19.8 Å². The van der Waals surface area contributed by atoms with Gasteiger partial charge in [0.05, 0.1) is 6.54 Å². The van der Waals surface area contributed by atoms with E-state index in [0.29, 0.717) is 17.3 Å². The Labute approximate surface area is 144 Å². The Hall–Kier alpha value is -2.90. The van der Waals surface area contributed by atoms with E-state index < -0.39 is 6.03 Å². The first kappa shape index (κ1) is 16.9. The number of nitrogens with zero attached hydrogens (tertiary/aromatic N) is 1. The highest BCUT2D eigenvalue weighted by atomic mass is 16.2. The predicted molar refractivity (Wildman–Crippen MR) is 90.7 cm³/mol. The highest BCUT2D eigenvalue weighted by molar-refractivity contribution is 6.02. The fourth-order valence-corrected chi connectivity index (χ4v) is 2.68. The van der Waals surface area contributed by atoms with Gasteiger partial charge in [-0.2, -0.15) is 0 Å². The first-order valence-corrected chi connectivity index (χ1v) is 8.23. The van der Waals surface area contributed by atoms with Crippen molar-refractivity contribution >= 4 is 35.1 Å². The molecule has 132 valence electrons. The van der Waals surface area contributed by atoms with Gasteiger partial charge < -0.3 is 16.0 Å². The van der Waals surface area contributed by atoms with Gasteiger partial charge in [0.2, 0.25) is 17.7 Å². The zero-order valence-corrected chi connectivity index (χ0v) is 13.9. The van der Waals surface area contributed by atoms with Crippen molar-refractivity contribution in [1.29, 1.82) is 0 Å². The minimum Gasteiger partial charge on any atom is -0.329 e. The number of urea groups is 1. The van der Waals surface area contributed by atoms with Crippen LogP contribution in [0.25, 0.3) is 0 Å². The summed E-state index contributed by atoms with van der Waals surface area (Å²) in [6.45, 7) is 2.07. The van der Waals surface area contributed by atoms with E-state index in [4.69, 9.17) is 0 Å². The first-order valence-electron chi connectivity index (χ1n) is 8.23. The SMILES string of the molecule is C[C@H]1C[C@H]1C(=O)Nc1ccc(NC(=O)CCN2C(=O)CNC2=O)cc1. The van der Waals surface area contributed by atoms with Gasteiger partial charge in [-0.05, 0) is 36.6 Å². The van der Waals surface area contributed by atoms with Gasteiger partial charge in [-0.25, -0.2) is 4.79 Å². The number of hydrogen-bond donors (Lipinski definition) is 3. The van der Waals surface area contributed by atoms with Crippen molar-refractivity contribution < 1.29 is 19.2 Å². The minimum atomic E-state index is -0.470. The van der Waals surface area contributed by atoms with Gasteiger partial charge in [-0.1, -0.05) is 6.92 Å². The fraction of sp³-hybridized carbons (Fsp3) is 0.412. The van der Waals surface area contributed by atoms with Crippen LogP contribution < -0.4 is 16.0 Å². The number of anilines is 2. The summed E-state index contributed by atoms with van der Waals surface area (Å²) in [5.41, 5.74) is 1.27. The Bertz CT molecular complexity index is 700. The third-order valence-electron chi connectivity index (χ3n) is 4.38. The second-order valence-electron chi connectivity index (χ2n) is 6.39. The van der Waals surface area contributed by atoms with Crippen LogP contribution in [0.1, 0.15) is 19.8 Å². The minimum absolute atomic E-state index is 0.0206. The van der Waals surface area contributed by atoms with Crippen molar-refractivity contribution in [2.75, 3.05) is 23.7 Å². The molecule has 8 heteroatoms. The van der Waals surface area contributed by atoms with Crippen LogP contribution in [-0.4, -0.2) is 41.7 Å². The van der Waals surface area contributed by atoms with Crippen LogP contribution in [0.15, 0.2) is 24.3 Å². The maximum Gasteiger partial charge on any atom is 0.324 e. The van der Waals surface area contributed by atoms with Crippen LogP contribution >= 0.6 is 0 Å². The molecule has 1 aliphatic carbocycles. The number of carbonyl (C=O) groups is 4. The van der Waals surface area contributed by atoms with Gasteiger partial charge in [-0.15, -0.1) is 0 Å². The Morgan fingerprint density at radius 1 is 1.16 bits per heavy atom. The molecule has 3 N–H and O–H groups in total. The fourth-order valence-electron chi connectivity index (χ4n) is 2.68. The molecule has 0 aromatic heterocycles. The molecule has 8 nitrogen and oxygen atoms in total. The van der Waals surface area contributed by atoms with Crippen LogP contribution in [0.4, 0.5) is 16.2 Å². The predicted octanol–water partition coefficient (Wildman–Crippen LogP) is 1.16. The second-order valence-corrected chi connectivity index (χ2v) is 6.39. The number of imide groups is 1. The van der Waals surface area contributed by atoms with E-state index in [-0.39, 0.29) is 43.1 Å². The zero-order chi connectivity index (χ0) is 18.0. The van der Waals surface area contributed by atoms with Gasteiger partial charge in [0.25, 0.3) is 0 Å². The van der Waals surface area contributed by atoms with E-state index in [0.717, 1.165) is 11.3 Å². The third-order valence-corrected chi connectivity index (χ3v) is 4.38. The molecule has 3 rings (SSSR count). The molecule has 2 atom stereocenters. The molecule has 5 amide bonds. The Balaban J connectivity index is 1.46. The van der Waals surface area contributed by atoms with Crippen molar-refractivity contribution in [3.8, 4) is 0 Å². The van der Waals surface area contributed by atoms with Crippen molar-refractivity contribution in [3.63, 3.8) is 0 Å². The summed E-state index contributed by atoms with van der Waals surface area (Å²) < 4.78 is 0. The first-order chi connectivity index (χ1) is 11.9. The van der Waals surface area contributed by atoms with E-state index in [1.807, 2.05) is 6.92 Å². The van der Waals surface area contributed by atoms with E-state index in [1.165, 1.54) is 0 Å². The molecule has 2 fully saturated rings. The lowest BCUT2D eigenvalue weighted by molar-refractivity contribution is -0.125. The van der Waals surface area contributed by atoms with Crippen LogP contribution in [0.3, 0.4) is 0 Å². The molecular formula is C17H20N4O4. The molecule has 0 spiro atoms. The Morgan fingerprint density at radius 3 is 2.28 bits per heavy atom. The second kappa shape index (κ2) is 6.92. The van der Waals surface area contributed by atoms with Crippen LogP contribution in [0, 0.1) is 11.8 Å². The van der Waals surface area contributed by atoms with Crippen molar-refractivity contribution in [3.05, 3.63) is 24.3 Å². The molecule has 1 heterocycles. The van der Waals surface area contributed by atoms with E-state index >= 15 is 0 Å². The lowest BCUT2D eigenvalue weighted by Gasteiger charge is -2.12. The van der Waals surface area contributed by atoms with Gasteiger partial charge >= 0.3 is 6.03 Å². The average molecular weight is 344 g/mol. The summed E-state index contributed by atoms with van der Waals surface area (Å²) in [5.74, 6) is -0.0511. The molecule has 0 unspecified atom stereocenters. The maximum absolute atomic E-state index is 11.9. The number of hydrogen-bond acceptors (Lipinski definition) is 4. The highest BCUT2D eigenvalue weighted by Gasteiger charge is 2.39. The molecular weight excluding hydrogens is 324 g/mol. The Morgan fingerprint density at radius 2 is 1.76 bits per heavy atom. The molecule has 1 aromatic rings. The molecule has 2 aliphatic rings. The highest BCUT2D eigenvalue weighted by Crippen LogP contribution is 2.38. The molecule has 25 heavy (non-hydrogen) atoms.